The summed E-state index contributed by atoms with van der Waals surface area (Å²) >= 11 is 5.19. The first-order valence-electron chi connectivity index (χ1n) is 4.19. The Bertz CT molecular complexity index is 145. The molecule has 1 heterocycles. The first-order chi connectivity index (χ1) is 5.20. The van der Waals surface area contributed by atoms with Crippen LogP contribution >= 0.6 is 12.2 Å². The van der Waals surface area contributed by atoms with Gasteiger partial charge in [0, 0.05) is 24.0 Å². The predicted octanol–water partition coefficient (Wildman–Crippen LogP) is 0.716. The maximum Gasteiger partial charge on any atom is 0.0511 e. The SMILES string of the molecule is CC(C)NCC1NCCC1=S. The molecule has 3 heteroatoms. The monoisotopic (exact) mass is 172 g/mol. The van der Waals surface area contributed by atoms with Crippen molar-refractivity contribution >= 4 is 17.1 Å². The van der Waals surface area contributed by atoms with E-state index in [1.54, 1.807) is 0 Å². The Labute approximate surface area is 73.7 Å². The lowest BCUT2D eigenvalue weighted by atomic mass is 10.2. The smallest absolute Gasteiger partial charge is 0.0511 e. The van der Waals surface area contributed by atoms with Gasteiger partial charge in [-0.05, 0) is 6.42 Å². The molecule has 0 amide bonds. The van der Waals surface area contributed by atoms with Crippen LogP contribution in [0.4, 0.5) is 0 Å². The largest absolute Gasteiger partial charge is 0.313 e. The summed E-state index contributed by atoms with van der Waals surface area (Å²) in [5.74, 6) is 0. The third-order valence-corrected chi connectivity index (χ3v) is 2.37. The molecule has 1 rings (SSSR count). The van der Waals surface area contributed by atoms with Crippen molar-refractivity contribution in [2.24, 2.45) is 0 Å². The normalized spacial score (nSPS) is 25.0. The molecule has 0 saturated carbocycles. The number of hydrogen-bond donors (Lipinski definition) is 2. The van der Waals surface area contributed by atoms with Gasteiger partial charge in [-0.2, -0.15) is 0 Å². The molecule has 1 saturated heterocycles. The van der Waals surface area contributed by atoms with E-state index in [0.29, 0.717) is 12.1 Å². The van der Waals surface area contributed by atoms with E-state index in [1.807, 2.05) is 0 Å². The van der Waals surface area contributed by atoms with Crippen LogP contribution in [0.2, 0.25) is 0 Å². The summed E-state index contributed by atoms with van der Waals surface area (Å²) in [5.41, 5.74) is 0. The summed E-state index contributed by atoms with van der Waals surface area (Å²) in [4.78, 5) is 1.18. The average Bonchev–Trinajstić information content (AvgIpc) is 2.31. The van der Waals surface area contributed by atoms with Crippen LogP contribution in [0.5, 0.6) is 0 Å². The van der Waals surface area contributed by atoms with Crippen LogP contribution in [0.15, 0.2) is 0 Å². The van der Waals surface area contributed by atoms with Crippen molar-refractivity contribution in [2.45, 2.75) is 32.4 Å². The van der Waals surface area contributed by atoms with Crippen molar-refractivity contribution in [3.05, 3.63) is 0 Å². The first kappa shape index (κ1) is 9.10. The molecular formula is C8H16N2S. The highest BCUT2D eigenvalue weighted by atomic mass is 32.1. The van der Waals surface area contributed by atoms with Gasteiger partial charge >= 0.3 is 0 Å². The minimum absolute atomic E-state index is 0.437. The van der Waals surface area contributed by atoms with Gasteiger partial charge in [-0.15, -0.1) is 0 Å². The van der Waals surface area contributed by atoms with Gasteiger partial charge in [-0.3, -0.25) is 0 Å². The molecule has 0 aromatic heterocycles. The van der Waals surface area contributed by atoms with Crippen molar-refractivity contribution in [1.82, 2.24) is 10.6 Å². The Kier molecular flexibility index (Phi) is 3.43. The molecule has 2 N–H and O–H groups in total. The zero-order valence-corrected chi connectivity index (χ0v) is 8.00. The quantitative estimate of drug-likeness (QED) is 0.613. The van der Waals surface area contributed by atoms with Crippen LogP contribution in [-0.2, 0) is 0 Å². The Morgan fingerprint density at radius 1 is 1.73 bits per heavy atom. The molecule has 11 heavy (non-hydrogen) atoms. The number of nitrogens with one attached hydrogen (secondary N) is 2. The minimum Gasteiger partial charge on any atom is -0.313 e. The molecule has 1 fully saturated rings. The molecule has 0 spiro atoms. The van der Waals surface area contributed by atoms with E-state index >= 15 is 0 Å². The van der Waals surface area contributed by atoms with E-state index in [2.05, 4.69) is 24.5 Å². The van der Waals surface area contributed by atoms with E-state index in [4.69, 9.17) is 12.2 Å². The molecular weight excluding hydrogens is 156 g/mol. The molecule has 0 aromatic rings. The van der Waals surface area contributed by atoms with E-state index in [1.165, 1.54) is 4.86 Å². The fraction of sp³-hybridized carbons (Fsp3) is 0.875. The second-order valence-corrected chi connectivity index (χ2v) is 3.81. The predicted molar refractivity (Wildman–Crippen MR) is 52.1 cm³/mol. The summed E-state index contributed by atoms with van der Waals surface area (Å²) < 4.78 is 0. The lowest BCUT2D eigenvalue weighted by Crippen LogP contribution is -2.40. The Morgan fingerprint density at radius 3 is 2.91 bits per heavy atom. The minimum atomic E-state index is 0.437. The number of rotatable bonds is 3. The highest BCUT2D eigenvalue weighted by molar-refractivity contribution is 7.80. The van der Waals surface area contributed by atoms with E-state index in [-0.39, 0.29) is 0 Å². The van der Waals surface area contributed by atoms with E-state index in [9.17, 15) is 0 Å². The van der Waals surface area contributed by atoms with Crippen molar-refractivity contribution in [3.63, 3.8) is 0 Å². The van der Waals surface area contributed by atoms with Gasteiger partial charge in [-0.25, -0.2) is 0 Å². The molecule has 2 nitrogen and oxygen atoms in total. The highest BCUT2D eigenvalue weighted by Gasteiger charge is 2.19. The molecule has 0 aliphatic carbocycles. The summed E-state index contributed by atoms with van der Waals surface area (Å²) in [6.07, 6.45) is 1.07. The summed E-state index contributed by atoms with van der Waals surface area (Å²) in [5, 5.41) is 6.73. The summed E-state index contributed by atoms with van der Waals surface area (Å²) in [7, 11) is 0. The lowest BCUT2D eigenvalue weighted by molar-refractivity contribution is 0.544. The van der Waals surface area contributed by atoms with Crippen molar-refractivity contribution in [3.8, 4) is 0 Å². The zero-order chi connectivity index (χ0) is 8.27. The first-order valence-corrected chi connectivity index (χ1v) is 4.60. The summed E-state index contributed by atoms with van der Waals surface area (Å²) in [6.45, 7) is 6.34. The Balaban J connectivity index is 2.20. The van der Waals surface area contributed by atoms with E-state index < -0.39 is 0 Å². The van der Waals surface area contributed by atoms with Crippen molar-refractivity contribution < 1.29 is 0 Å². The van der Waals surface area contributed by atoms with Crippen LogP contribution in [0.3, 0.4) is 0 Å². The molecule has 0 aromatic carbocycles. The molecule has 1 aliphatic heterocycles. The summed E-state index contributed by atoms with van der Waals surface area (Å²) in [6, 6.07) is 0.993. The van der Waals surface area contributed by atoms with Gasteiger partial charge in [0.1, 0.15) is 0 Å². The van der Waals surface area contributed by atoms with Crippen LogP contribution in [0.1, 0.15) is 20.3 Å². The van der Waals surface area contributed by atoms with Gasteiger partial charge < -0.3 is 10.6 Å². The molecule has 64 valence electrons. The van der Waals surface area contributed by atoms with Gasteiger partial charge in [0.25, 0.3) is 0 Å². The Hall–Kier alpha value is 0.01000. The zero-order valence-electron chi connectivity index (χ0n) is 7.18. The van der Waals surface area contributed by atoms with Crippen LogP contribution in [-0.4, -0.2) is 30.0 Å². The van der Waals surface area contributed by atoms with Crippen LogP contribution < -0.4 is 10.6 Å². The van der Waals surface area contributed by atoms with Crippen molar-refractivity contribution in [1.29, 1.82) is 0 Å². The fourth-order valence-electron chi connectivity index (χ4n) is 1.20. The maximum atomic E-state index is 5.19. The second-order valence-electron chi connectivity index (χ2n) is 3.29. The third kappa shape index (κ3) is 2.85. The van der Waals surface area contributed by atoms with E-state index in [0.717, 1.165) is 19.5 Å². The van der Waals surface area contributed by atoms with Gasteiger partial charge in [0.2, 0.25) is 0 Å². The standard InChI is InChI=1S/C8H16N2S/c1-6(2)10-5-7-8(11)3-4-9-7/h6-7,9-10H,3-5H2,1-2H3. The lowest BCUT2D eigenvalue weighted by Gasteiger charge is -2.13. The van der Waals surface area contributed by atoms with Gasteiger partial charge in [-0.1, -0.05) is 26.1 Å². The topological polar surface area (TPSA) is 24.1 Å². The van der Waals surface area contributed by atoms with Crippen LogP contribution in [0, 0.1) is 0 Å². The molecule has 0 radical (unpaired) electrons. The second kappa shape index (κ2) is 4.14. The van der Waals surface area contributed by atoms with Gasteiger partial charge in [0.15, 0.2) is 0 Å². The van der Waals surface area contributed by atoms with Gasteiger partial charge in [0.05, 0.1) is 6.04 Å². The number of thiocarbonyl (C=S) groups is 1. The molecule has 1 atom stereocenters. The molecule has 1 aliphatic rings. The fourth-order valence-corrected chi connectivity index (χ4v) is 1.47. The van der Waals surface area contributed by atoms with Crippen LogP contribution in [0.25, 0.3) is 0 Å². The number of hydrogen-bond acceptors (Lipinski definition) is 3. The molecule has 0 bridgehead atoms. The maximum absolute atomic E-state index is 5.19. The highest BCUT2D eigenvalue weighted by Crippen LogP contribution is 2.01. The molecule has 1 unspecified atom stereocenters. The Morgan fingerprint density at radius 2 is 2.45 bits per heavy atom. The average molecular weight is 172 g/mol. The third-order valence-electron chi connectivity index (χ3n) is 1.88. The van der Waals surface area contributed by atoms with Crippen molar-refractivity contribution in [2.75, 3.05) is 13.1 Å².